The molecule has 3 N–H and O–H groups in total. The highest BCUT2D eigenvalue weighted by molar-refractivity contribution is 7.91. The van der Waals surface area contributed by atoms with Crippen LogP contribution >= 0.6 is 11.3 Å². The molecular weight excluding hydrogens is 274 g/mol. The first-order chi connectivity index (χ1) is 8.56. The van der Waals surface area contributed by atoms with E-state index in [1.165, 1.54) is 6.07 Å². The van der Waals surface area contributed by atoms with Gasteiger partial charge < -0.3 is 10.6 Å². The Morgan fingerprint density at radius 1 is 1.39 bits per heavy atom. The average Bonchev–Trinajstić information content (AvgIpc) is 2.87. The molecule has 0 aliphatic carbocycles. The highest BCUT2D eigenvalue weighted by atomic mass is 32.2. The molecule has 1 rings (SSSR count). The van der Waals surface area contributed by atoms with Crippen LogP contribution in [0.5, 0.6) is 0 Å². The molecule has 0 atom stereocenters. The van der Waals surface area contributed by atoms with Crippen molar-refractivity contribution in [2.45, 2.75) is 11.1 Å². The van der Waals surface area contributed by atoms with E-state index in [-0.39, 0.29) is 16.7 Å². The topological polar surface area (TPSA) is 87.3 Å². The van der Waals surface area contributed by atoms with Gasteiger partial charge in [-0.3, -0.25) is 4.79 Å². The van der Waals surface area contributed by atoms with E-state index < -0.39 is 10.0 Å². The van der Waals surface area contributed by atoms with E-state index in [4.69, 9.17) is 0 Å². The Labute approximate surface area is 111 Å². The fraction of sp³-hybridized carbons (Fsp3) is 0.500. The Kier molecular flexibility index (Phi) is 6.27. The van der Waals surface area contributed by atoms with Crippen molar-refractivity contribution >= 4 is 27.3 Å². The van der Waals surface area contributed by atoms with Crippen molar-refractivity contribution in [2.24, 2.45) is 0 Å². The number of likely N-dealkylation sites (N-methyl/N-ethyl adjacent to an activating group) is 1. The lowest BCUT2D eigenvalue weighted by Crippen LogP contribution is -2.39. The maximum absolute atomic E-state index is 11.7. The van der Waals surface area contributed by atoms with E-state index in [0.29, 0.717) is 13.1 Å². The molecule has 1 amide bonds. The third-order valence-electron chi connectivity index (χ3n) is 2.06. The lowest BCUT2D eigenvalue weighted by Gasteiger charge is -2.06. The van der Waals surface area contributed by atoms with E-state index in [0.717, 1.165) is 17.9 Å². The Balaban J connectivity index is 2.30. The number of thiophene rings is 1. The molecule has 0 aromatic carbocycles. The molecule has 0 unspecified atom stereocenters. The van der Waals surface area contributed by atoms with Crippen LogP contribution < -0.4 is 15.4 Å². The van der Waals surface area contributed by atoms with Gasteiger partial charge in [-0.15, -0.1) is 11.3 Å². The number of hydrogen-bond donors (Lipinski definition) is 3. The molecule has 0 spiro atoms. The van der Waals surface area contributed by atoms with E-state index in [9.17, 15) is 13.2 Å². The quantitative estimate of drug-likeness (QED) is 0.577. The maximum Gasteiger partial charge on any atom is 0.250 e. The number of nitrogens with one attached hydrogen (secondary N) is 3. The van der Waals surface area contributed by atoms with Gasteiger partial charge in [0.1, 0.15) is 4.21 Å². The molecule has 0 bridgehead atoms. The number of amides is 1. The first kappa shape index (κ1) is 15.1. The standard InChI is InChI=1S/C10H17N3O3S2/c1-2-11-5-6-12-9(14)8-13-18(15,16)10-4-3-7-17-10/h3-4,7,11,13H,2,5-6,8H2,1H3,(H,12,14). The van der Waals surface area contributed by atoms with Gasteiger partial charge in [0.2, 0.25) is 5.91 Å². The molecule has 6 nitrogen and oxygen atoms in total. The zero-order valence-corrected chi connectivity index (χ0v) is 11.7. The van der Waals surface area contributed by atoms with Gasteiger partial charge >= 0.3 is 0 Å². The Hall–Kier alpha value is -0.960. The molecular formula is C10H17N3O3S2. The molecule has 8 heteroatoms. The average molecular weight is 291 g/mol. The second-order valence-corrected chi connectivity index (χ2v) is 6.40. The van der Waals surface area contributed by atoms with Crippen LogP contribution in [-0.4, -0.2) is 40.5 Å². The summed E-state index contributed by atoms with van der Waals surface area (Å²) in [7, 11) is -3.56. The van der Waals surface area contributed by atoms with Crippen LogP contribution in [0, 0.1) is 0 Å². The van der Waals surface area contributed by atoms with Crippen molar-refractivity contribution in [2.75, 3.05) is 26.2 Å². The van der Waals surface area contributed by atoms with Gasteiger partial charge in [-0.05, 0) is 18.0 Å². The molecule has 0 aliphatic heterocycles. The van der Waals surface area contributed by atoms with Crippen molar-refractivity contribution in [3.8, 4) is 0 Å². The summed E-state index contributed by atoms with van der Waals surface area (Å²) in [5.41, 5.74) is 0. The fourth-order valence-electron chi connectivity index (χ4n) is 1.18. The predicted octanol–water partition coefficient (Wildman–Crippen LogP) is -0.248. The van der Waals surface area contributed by atoms with Crippen LogP contribution in [0.1, 0.15) is 6.92 Å². The molecule has 1 aromatic rings. The molecule has 1 heterocycles. The minimum Gasteiger partial charge on any atom is -0.354 e. The first-order valence-electron chi connectivity index (χ1n) is 5.57. The summed E-state index contributed by atoms with van der Waals surface area (Å²) in [5.74, 6) is -0.340. The number of rotatable bonds is 8. The fourth-order valence-corrected chi connectivity index (χ4v) is 3.20. The summed E-state index contributed by atoms with van der Waals surface area (Å²) in [6.45, 7) is 3.71. The highest BCUT2D eigenvalue weighted by Gasteiger charge is 2.15. The largest absolute Gasteiger partial charge is 0.354 e. The first-order valence-corrected chi connectivity index (χ1v) is 7.93. The molecule has 0 aliphatic rings. The van der Waals surface area contributed by atoms with Gasteiger partial charge in [0.15, 0.2) is 0 Å². The molecule has 102 valence electrons. The van der Waals surface area contributed by atoms with Gasteiger partial charge in [-0.25, -0.2) is 13.1 Å². The van der Waals surface area contributed by atoms with Gasteiger partial charge in [-0.2, -0.15) is 0 Å². The zero-order valence-electron chi connectivity index (χ0n) is 10.1. The van der Waals surface area contributed by atoms with Crippen LogP contribution in [0.15, 0.2) is 21.7 Å². The Morgan fingerprint density at radius 3 is 2.78 bits per heavy atom. The van der Waals surface area contributed by atoms with E-state index in [2.05, 4.69) is 15.4 Å². The summed E-state index contributed by atoms with van der Waals surface area (Å²) >= 11 is 1.11. The van der Waals surface area contributed by atoms with Gasteiger partial charge in [-0.1, -0.05) is 13.0 Å². The van der Waals surface area contributed by atoms with Crippen molar-refractivity contribution in [3.63, 3.8) is 0 Å². The summed E-state index contributed by atoms with van der Waals surface area (Å²) in [6, 6.07) is 3.14. The van der Waals surface area contributed by atoms with Gasteiger partial charge in [0.05, 0.1) is 6.54 Å². The Bertz CT molecular complexity index is 457. The highest BCUT2D eigenvalue weighted by Crippen LogP contribution is 2.14. The monoisotopic (exact) mass is 291 g/mol. The third-order valence-corrected chi connectivity index (χ3v) is 4.86. The summed E-state index contributed by atoms with van der Waals surface area (Å²) < 4.78 is 25.8. The van der Waals surface area contributed by atoms with Crippen molar-refractivity contribution in [1.29, 1.82) is 0 Å². The number of hydrogen-bond acceptors (Lipinski definition) is 5. The predicted molar refractivity (Wildman–Crippen MR) is 71.1 cm³/mol. The van der Waals surface area contributed by atoms with E-state index >= 15 is 0 Å². The second kappa shape index (κ2) is 7.47. The number of sulfonamides is 1. The van der Waals surface area contributed by atoms with Crippen molar-refractivity contribution in [1.82, 2.24) is 15.4 Å². The van der Waals surface area contributed by atoms with E-state index in [1.807, 2.05) is 6.92 Å². The maximum atomic E-state index is 11.7. The van der Waals surface area contributed by atoms with Crippen LogP contribution in [0.25, 0.3) is 0 Å². The van der Waals surface area contributed by atoms with Crippen LogP contribution in [0.3, 0.4) is 0 Å². The summed E-state index contributed by atoms with van der Waals surface area (Å²) in [4.78, 5) is 11.4. The third kappa shape index (κ3) is 5.13. The molecule has 0 fully saturated rings. The Morgan fingerprint density at radius 2 is 2.17 bits per heavy atom. The second-order valence-electron chi connectivity index (χ2n) is 3.46. The van der Waals surface area contributed by atoms with Crippen LogP contribution in [-0.2, 0) is 14.8 Å². The normalized spacial score (nSPS) is 11.4. The molecule has 0 saturated carbocycles. The summed E-state index contributed by atoms with van der Waals surface area (Å²) in [5, 5.41) is 7.33. The van der Waals surface area contributed by atoms with Gasteiger partial charge in [0, 0.05) is 13.1 Å². The lowest BCUT2D eigenvalue weighted by atomic mass is 10.5. The van der Waals surface area contributed by atoms with Crippen molar-refractivity contribution < 1.29 is 13.2 Å². The minimum atomic E-state index is -3.56. The molecule has 0 radical (unpaired) electrons. The number of carbonyl (C=O) groups is 1. The SMILES string of the molecule is CCNCCNC(=O)CNS(=O)(=O)c1cccs1. The molecule has 18 heavy (non-hydrogen) atoms. The molecule has 0 saturated heterocycles. The number of carbonyl (C=O) groups excluding carboxylic acids is 1. The zero-order chi connectivity index (χ0) is 13.4. The minimum absolute atomic E-state index is 0.211. The van der Waals surface area contributed by atoms with E-state index in [1.54, 1.807) is 11.4 Å². The molecule has 1 aromatic heterocycles. The summed E-state index contributed by atoms with van der Waals surface area (Å²) in [6.07, 6.45) is 0. The van der Waals surface area contributed by atoms with Gasteiger partial charge in [0.25, 0.3) is 10.0 Å². The smallest absolute Gasteiger partial charge is 0.250 e. The van der Waals surface area contributed by atoms with Crippen LogP contribution in [0.2, 0.25) is 0 Å². The van der Waals surface area contributed by atoms with Crippen molar-refractivity contribution in [3.05, 3.63) is 17.5 Å². The van der Waals surface area contributed by atoms with Crippen LogP contribution in [0.4, 0.5) is 0 Å². The lowest BCUT2D eigenvalue weighted by molar-refractivity contribution is -0.119.